The summed E-state index contributed by atoms with van der Waals surface area (Å²) in [4.78, 5) is 28.1. The van der Waals surface area contributed by atoms with Crippen molar-refractivity contribution >= 4 is 17.9 Å². The van der Waals surface area contributed by atoms with E-state index in [1.165, 1.54) is 0 Å². The van der Waals surface area contributed by atoms with E-state index in [1.54, 1.807) is 28.6 Å². The molecule has 8 heteroatoms. The summed E-state index contributed by atoms with van der Waals surface area (Å²) < 4.78 is 7.05. The monoisotopic (exact) mass is 365 g/mol. The lowest BCUT2D eigenvalue weighted by molar-refractivity contribution is 0.0253. The molecule has 1 aliphatic rings. The number of carbonyl (C=O) groups is 2. The highest BCUT2D eigenvalue weighted by atomic mass is 16.6. The molecule has 0 radical (unpaired) electrons. The van der Waals surface area contributed by atoms with Crippen LogP contribution in [0.25, 0.3) is 0 Å². The number of rotatable bonds is 3. The molecule has 146 valence electrons. The van der Waals surface area contributed by atoms with Crippen LogP contribution < -0.4 is 5.32 Å². The van der Waals surface area contributed by atoms with Gasteiger partial charge < -0.3 is 14.5 Å². The Bertz CT molecular complexity index is 650. The molecule has 0 aromatic carbocycles. The molecule has 0 aliphatic carbocycles. The molecule has 1 unspecified atom stereocenters. The number of nitrogens with one attached hydrogen (secondary N) is 1. The van der Waals surface area contributed by atoms with Crippen LogP contribution in [0.2, 0.25) is 0 Å². The van der Waals surface area contributed by atoms with Gasteiger partial charge in [-0.05, 0) is 46.5 Å². The second-order valence-electron chi connectivity index (χ2n) is 8.04. The number of carbonyl (C=O) groups excluding carboxylic acids is 2. The summed E-state index contributed by atoms with van der Waals surface area (Å²) in [5, 5.41) is 7.15. The van der Waals surface area contributed by atoms with Gasteiger partial charge in [-0.1, -0.05) is 0 Å². The number of hydrogen-bond acceptors (Lipinski definition) is 4. The number of likely N-dealkylation sites (tertiary alicyclic amines) is 1. The summed E-state index contributed by atoms with van der Waals surface area (Å²) in [5.74, 6) is 0.917. The molecule has 1 saturated heterocycles. The quantitative estimate of drug-likeness (QED) is 0.893. The fourth-order valence-electron chi connectivity index (χ4n) is 3.12. The predicted molar refractivity (Wildman–Crippen MR) is 100 cm³/mol. The molecule has 0 saturated carbocycles. The van der Waals surface area contributed by atoms with Crippen molar-refractivity contribution in [1.29, 1.82) is 0 Å². The van der Waals surface area contributed by atoms with Gasteiger partial charge in [0.25, 0.3) is 0 Å². The molecule has 1 fully saturated rings. The Labute approximate surface area is 155 Å². The maximum atomic E-state index is 12.6. The van der Waals surface area contributed by atoms with E-state index in [4.69, 9.17) is 4.74 Å². The summed E-state index contributed by atoms with van der Waals surface area (Å²) >= 11 is 0. The lowest BCUT2D eigenvalue weighted by atomic mass is 9.98. The van der Waals surface area contributed by atoms with E-state index < -0.39 is 5.60 Å². The standard InChI is InChI=1S/C18H31N5O3/c1-13-10-15(22(6)20-13)19-16(24)23-9-7-8-14(12-23)11-21(5)17(25)26-18(2,3)4/h10,14H,7-9,11-12H2,1-6H3,(H,19,24). The molecule has 1 aliphatic heterocycles. The lowest BCUT2D eigenvalue weighted by Gasteiger charge is -2.35. The van der Waals surface area contributed by atoms with Crippen molar-refractivity contribution in [3.05, 3.63) is 11.8 Å². The molecule has 0 spiro atoms. The zero-order chi connectivity index (χ0) is 19.5. The van der Waals surface area contributed by atoms with Crippen LogP contribution in [0.4, 0.5) is 15.4 Å². The molecule has 2 heterocycles. The van der Waals surface area contributed by atoms with Crippen molar-refractivity contribution in [3.8, 4) is 0 Å². The highest BCUT2D eigenvalue weighted by molar-refractivity contribution is 5.88. The first-order chi connectivity index (χ1) is 12.0. The predicted octanol–water partition coefficient (Wildman–Crippen LogP) is 2.84. The van der Waals surface area contributed by atoms with E-state index in [0.29, 0.717) is 18.9 Å². The zero-order valence-corrected chi connectivity index (χ0v) is 16.7. The number of anilines is 1. The van der Waals surface area contributed by atoms with Crippen molar-refractivity contribution < 1.29 is 14.3 Å². The number of piperidine rings is 1. The maximum absolute atomic E-state index is 12.6. The fourth-order valence-corrected chi connectivity index (χ4v) is 3.12. The third-order valence-corrected chi connectivity index (χ3v) is 4.28. The SMILES string of the molecule is Cc1cc(NC(=O)N2CCCC(CN(C)C(=O)OC(C)(C)C)C2)n(C)n1. The first kappa shape index (κ1) is 20.1. The molecule has 0 bridgehead atoms. The molecule has 1 aromatic rings. The van der Waals surface area contributed by atoms with Gasteiger partial charge in [0.1, 0.15) is 11.4 Å². The van der Waals surface area contributed by atoms with Gasteiger partial charge in [-0.25, -0.2) is 9.59 Å². The summed E-state index contributed by atoms with van der Waals surface area (Å²) in [7, 11) is 3.54. The van der Waals surface area contributed by atoms with Gasteiger partial charge in [-0.15, -0.1) is 0 Å². The Hall–Kier alpha value is -2.25. The molecule has 1 atom stereocenters. The van der Waals surface area contributed by atoms with Crippen LogP contribution in [0.3, 0.4) is 0 Å². The van der Waals surface area contributed by atoms with Crippen molar-refractivity contribution in [2.75, 3.05) is 32.0 Å². The zero-order valence-electron chi connectivity index (χ0n) is 16.7. The van der Waals surface area contributed by atoms with Crippen LogP contribution in [0.5, 0.6) is 0 Å². The second-order valence-corrected chi connectivity index (χ2v) is 8.04. The van der Waals surface area contributed by atoms with Gasteiger partial charge in [0.15, 0.2) is 0 Å². The van der Waals surface area contributed by atoms with Crippen molar-refractivity contribution in [2.24, 2.45) is 13.0 Å². The van der Waals surface area contributed by atoms with Gasteiger partial charge in [-0.2, -0.15) is 5.10 Å². The van der Waals surface area contributed by atoms with Gasteiger partial charge in [0, 0.05) is 39.8 Å². The number of ether oxygens (including phenoxy) is 1. The number of aromatic nitrogens is 2. The van der Waals surface area contributed by atoms with Crippen LogP contribution >= 0.6 is 0 Å². The van der Waals surface area contributed by atoms with Crippen LogP contribution in [0, 0.1) is 12.8 Å². The number of amides is 3. The number of nitrogens with zero attached hydrogens (tertiary/aromatic N) is 4. The van der Waals surface area contributed by atoms with E-state index in [0.717, 1.165) is 25.1 Å². The Morgan fingerprint density at radius 3 is 2.69 bits per heavy atom. The topological polar surface area (TPSA) is 79.7 Å². The number of urea groups is 1. The van der Waals surface area contributed by atoms with Crippen molar-refractivity contribution in [1.82, 2.24) is 19.6 Å². The summed E-state index contributed by atoms with van der Waals surface area (Å²) in [5.41, 5.74) is 0.351. The molecule has 3 amide bonds. The van der Waals surface area contributed by atoms with Gasteiger partial charge >= 0.3 is 12.1 Å². The summed E-state index contributed by atoms with van der Waals surface area (Å²) in [6.07, 6.45) is 1.58. The molecule has 8 nitrogen and oxygen atoms in total. The average molecular weight is 365 g/mol. The highest BCUT2D eigenvalue weighted by Gasteiger charge is 2.27. The van der Waals surface area contributed by atoms with E-state index in [1.807, 2.05) is 33.8 Å². The normalized spacial score (nSPS) is 17.8. The van der Waals surface area contributed by atoms with E-state index in [9.17, 15) is 9.59 Å². The minimum atomic E-state index is -0.509. The summed E-state index contributed by atoms with van der Waals surface area (Å²) in [6, 6.07) is 1.72. The second kappa shape index (κ2) is 7.97. The Balaban J connectivity index is 1.89. The third kappa shape index (κ3) is 5.64. The van der Waals surface area contributed by atoms with Gasteiger partial charge in [-0.3, -0.25) is 10.00 Å². The maximum Gasteiger partial charge on any atom is 0.410 e. The minimum absolute atomic E-state index is 0.127. The van der Waals surface area contributed by atoms with Crippen LogP contribution in [0.15, 0.2) is 6.07 Å². The van der Waals surface area contributed by atoms with Crippen LogP contribution in [0.1, 0.15) is 39.3 Å². The molecule has 1 aromatic heterocycles. The van der Waals surface area contributed by atoms with Gasteiger partial charge in [0.05, 0.1) is 5.69 Å². The molecular formula is C18H31N5O3. The minimum Gasteiger partial charge on any atom is -0.444 e. The van der Waals surface area contributed by atoms with E-state index in [2.05, 4.69) is 10.4 Å². The highest BCUT2D eigenvalue weighted by Crippen LogP contribution is 2.20. The molecule has 26 heavy (non-hydrogen) atoms. The van der Waals surface area contributed by atoms with E-state index >= 15 is 0 Å². The Kier molecular flexibility index (Phi) is 6.15. The third-order valence-electron chi connectivity index (χ3n) is 4.28. The first-order valence-corrected chi connectivity index (χ1v) is 9.06. The molecule has 2 rings (SSSR count). The fraction of sp³-hybridized carbons (Fsp3) is 0.722. The Morgan fingerprint density at radius 1 is 1.42 bits per heavy atom. The smallest absolute Gasteiger partial charge is 0.410 e. The Morgan fingerprint density at radius 2 is 2.12 bits per heavy atom. The molecular weight excluding hydrogens is 334 g/mol. The van der Waals surface area contributed by atoms with Crippen molar-refractivity contribution in [2.45, 2.75) is 46.1 Å². The lowest BCUT2D eigenvalue weighted by Crippen LogP contribution is -2.46. The summed E-state index contributed by atoms with van der Waals surface area (Å²) in [6.45, 7) is 9.36. The van der Waals surface area contributed by atoms with Gasteiger partial charge in [0.2, 0.25) is 0 Å². The van der Waals surface area contributed by atoms with Crippen LogP contribution in [-0.4, -0.2) is 64.0 Å². The number of aryl methyl sites for hydroxylation is 2. The first-order valence-electron chi connectivity index (χ1n) is 9.06. The van der Waals surface area contributed by atoms with Crippen molar-refractivity contribution in [3.63, 3.8) is 0 Å². The largest absolute Gasteiger partial charge is 0.444 e. The van der Waals surface area contributed by atoms with E-state index in [-0.39, 0.29) is 18.0 Å². The number of hydrogen-bond donors (Lipinski definition) is 1. The van der Waals surface area contributed by atoms with Crippen LogP contribution in [-0.2, 0) is 11.8 Å². The average Bonchev–Trinajstić information content (AvgIpc) is 2.83. The molecule has 1 N–H and O–H groups in total.